The van der Waals surface area contributed by atoms with Gasteiger partial charge in [-0.2, -0.15) is 0 Å². The highest BCUT2D eigenvalue weighted by atomic mass is 31.2. The van der Waals surface area contributed by atoms with Gasteiger partial charge in [-0.3, -0.25) is 9.65 Å². The van der Waals surface area contributed by atoms with E-state index in [0.717, 1.165) is 13.5 Å². The first kappa shape index (κ1) is 12.2. The van der Waals surface area contributed by atoms with Crippen molar-refractivity contribution < 1.29 is 18.7 Å². The fourth-order valence-electron chi connectivity index (χ4n) is 1.55. The Hall–Kier alpha value is 0.135. The largest absolute Gasteiger partial charge is 0.766 e. The molecule has 0 bridgehead atoms. The van der Waals surface area contributed by atoms with Gasteiger partial charge in [0, 0.05) is 19.2 Å². The van der Waals surface area contributed by atoms with Crippen LogP contribution in [0.2, 0.25) is 0 Å². The second kappa shape index (κ2) is 4.77. The Bertz CT molecular complexity index is 240. The van der Waals surface area contributed by atoms with Crippen LogP contribution in [0.25, 0.3) is 0 Å². The summed E-state index contributed by atoms with van der Waals surface area (Å²) in [7, 11) is 2.74. The van der Waals surface area contributed by atoms with Gasteiger partial charge in [-0.15, -0.1) is 0 Å². The highest BCUT2D eigenvalue weighted by Crippen LogP contribution is 2.34. The Morgan fingerprint density at radius 2 is 2.43 bits per heavy atom. The van der Waals surface area contributed by atoms with E-state index in [2.05, 4.69) is 9.61 Å². The molecule has 1 aliphatic rings. The Balaban J connectivity index is 2.55. The third-order valence-corrected chi connectivity index (χ3v) is 3.38. The number of hydrogen-bond donors (Lipinski definition) is 1. The lowest BCUT2D eigenvalue weighted by Gasteiger charge is -2.28. The monoisotopic (exact) mass is 218 g/mol. The molecule has 0 spiro atoms. The van der Waals surface area contributed by atoms with E-state index < -0.39 is 13.7 Å². The highest BCUT2D eigenvalue weighted by molar-refractivity contribution is 7.49. The molecule has 2 radical (unpaired) electrons. The Morgan fingerprint density at radius 3 is 2.93 bits per heavy atom. The quantitative estimate of drug-likeness (QED) is 0.520. The molecule has 0 aliphatic carbocycles. The van der Waals surface area contributed by atoms with Crippen molar-refractivity contribution in [2.24, 2.45) is 0 Å². The number of hydrogen-bond acceptors (Lipinski definition) is 4. The molecule has 1 fully saturated rings. The molecule has 80 valence electrons. The van der Waals surface area contributed by atoms with Crippen LogP contribution in [0.5, 0.6) is 0 Å². The minimum atomic E-state index is -3.94. The van der Waals surface area contributed by atoms with E-state index in [0.29, 0.717) is 6.42 Å². The Morgan fingerprint density at radius 1 is 1.79 bits per heavy atom. The zero-order valence-electron chi connectivity index (χ0n) is 8.30. The molecule has 1 heterocycles. The topological polar surface area (TPSA) is 70.6 Å². The molecular formula is C7H14BNO4P-. The first-order valence-electron chi connectivity index (χ1n) is 4.54. The molecule has 4 atom stereocenters. The Labute approximate surface area is 85.2 Å². The van der Waals surface area contributed by atoms with Crippen LogP contribution < -0.4 is 9.98 Å². The molecule has 0 aromatic rings. The van der Waals surface area contributed by atoms with Crippen molar-refractivity contribution >= 4 is 15.6 Å². The zero-order valence-corrected chi connectivity index (χ0v) is 9.20. The van der Waals surface area contributed by atoms with Crippen molar-refractivity contribution in [3.05, 3.63) is 0 Å². The maximum absolute atomic E-state index is 11.1. The minimum absolute atomic E-state index is 0.164. The average Bonchev–Trinajstić information content (AvgIpc) is 2.45. The van der Waals surface area contributed by atoms with Crippen molar-refractivity contribution in [2.75, 3.05) is 7.11 Å². The third kappa shape index (κ3) is 3.07. The van der Waals surface area contributed by atoms with E-state index >= 15 is 0 Å². The van der Waals surface area contributed by atoms with E-state index in [1.54, 1.807) is 0 Å². The second-order valence-electron chi connectivity index (χ2n) is 3.27. The van der Waals surface area contributed by atoms with Crippen LogP contribution in [-0.2, 0) is 13.8 Å². The van der Waals surface area contributed by atoms with Gasteiger partial charge in [-0.05, 0) is 12.8 Å². The molecule has 0 aromatic heterocycles. The van der Waals surface area contributed by atoms with E-state index in [1.165, 1.54) is 0 Å². The van der Waals surface area contributed by atoms with Crippen LogP contribution in [0.1, 0.15) is 19.8 Å². The van der Waals surface area contributed by atoms with Crippen molar-refractivity contribution in [3.63, 3.8) is 0 Å². The van der Waals surface area contributed by atoms with Crippen LogP contribution in [0.15, 0.2) is 0 Å². The summed E-state index contributed by atoms with van der Waals surface area (Å²) in [6.07, 6.45) is 1.03. The van der Waals surface area contributed by atoms with Crippen molar-refractivity contribution in [1.29, 1.82) is 0 Å². The normalized spacial score (nSPS) is 36.9. The van der Waals surface area contributed by atoms with E-state index in [1.807, 2.05) is 6.92 Å². The summed E-state index contributed by atoms with van der Waals surface area (Å²) in [5.41, 5.74) is 0. The highest BCUT2D eigenvalue weighted by Gasteiger charge is 2.32. The molecule has 1 unspecified atom stereocenters. The maximum atomic E-state index is 11.1. The standard InChI is InChI=1S/C7H15BNO4P/c1-3-6-5(4-7(8)13-6)9-14(10,11)12-2/h5-7H,3-4H2,1-2H3,(H2,9,10,11)/p-1/t5-,6-,7-/m1/s1. The van der Waals surface area contributed by atoms with Gasteiger partial charge >= 0.3 is 0 Å². The van der Waals surface area contributed by atoms with Crippen LogP contribution >= 0.6 is 7.75 Å². The van der Waals surface area contributed by atoms with Crippen LogP contribution in [0.3, 0.4) is 0 Å². The molecule has 1 saturated heterocycles. The SMILES string of the molecule is [B][C@H]1C[C@@H](NP(=O)([O-])OC)[C@@H](CC)O1. The molecule has 0 aromatic carbocycles. The molecule has 5 nitrogen and oxygen atoms in total. The summed E-state index contributed by atoms with van der Waals surface area (Å²) in [6, 6.07) is -0.674. The molecule has 1 N–H and O–H groups in total. The molecule has 0 amide bonds. The van der Waals surface area contributed by atoms with Crippen molar-refractivity contribution in [3.8, 4) is 0 Å². The van der Waals surface area contributed by atoms with Crippen LogP contribution in [-0.4, -0.2) is 33.1 Å². The van der Waals surface area contributed by atoms with Gasteiger partial charge in [-0.1, -0.05) is 6.92 Å². The van der Waals surface area contributed by atoms with Gasteiger partial charge in [0.05, 0.1) is 6.10 Å². The Kier molecular flexibility index (Phi) is 4.16. The molecule has 7 heteroatoms. The number of ether oxygens (including phenoxy) is 1. The molecule has 14 heavy (non-hydrogen) atoms. The van der Waals surface area contributed by atoms with Crippen LogP contribution in [0.4, 0.5) is 0 Å². The predicted molar refractivity (Wildman–Crippen MR) is 50.9 cm³/mol. The van der Waals surface area contributed by atoms with Crippen molar-refractivity contribution in [1.82, 2.24) is 5.09 Å². The molecule has 0 saturated carbocycles. The minimum Gasteiger partial charge on any atom is -0.766 e. The number of nitrogens with one attached hydrogen (secondary N) is 1. The third-order valence-electron chi connectivity index (χ3n) is 2.25. The van der Waals surface area contributed by atoms with Crippen LogP contribution in [0, 0.1) is 0 Å². The summed E-state index contributed by atoms with van der Waals surface area (Å²) >= 11 is 0. The summed E-state index contributed by atoms with van der Waals surface area (Å²) in [4.78, 5) is 11.1. The van der Waals surface area contributed by atoms with Gasteiger partial charge in [0.15, 0.2) is 0 Å². The van der Waals surface area contributed by atoms with Gasteiger partial charge in [0.2, 0.25) is 7.75 Å². The van der Waals surface area contributed by atoms with Gasteiger partial charge in [0.25, 0.3) is 0 Å². The fourth-order valence-corrected chi connectivity index (χ4v) is 2.33. The zero-order chi connectivity index (χ0) is 10.8. The fraction of sp³-hybridized carbons (Fsp3) is 1.00. The van der Waals surface area contributed by atoms with Crippen molar-refractivity contribution in [2.45, 2.75) is 37.9 Å². The lowest BCUT2D eigenvalue weighted by Crippen LogP contribution is -2.37. The van der Waals surface area contributed by atoms with E-state index in [9.17, 15) is 9.46 Å². The predicted octanol–water partition coefficient (Wildman–Crippen LogP) is -0.247. The summed E-state index contributed by atoms with van der Waals surface area (Å²) < 4.78 is 20.8. The van der Waals surface area contributed by atoms with E-state index in [-0.39, 0.29) is 12.1 Å². The van der Waals surface area contributed by atoms with Gasteiger partial charge in [0.1, 0.15) is 7.85 Å². The maximum Gasteiger partial charge on any atom is 0.204 e. The molecular weight excluding hydrogens is 204 g/mol. The van der Waals surface area contributed by atoms with Gasteiger partial charge in [-0.25, -0.2) is 0 Å². The number of rotatable bonds is 4. The molecule has 1 rings (SSSR count). The average molecular weight is 218 g/mol. The lowest BCUT2D eigenvalue weighted by atomic mass is 9.95. The summed E-state index contributed by atoms with van der Waals surface area (Å²) in [5.74, 6) is 0. The lowest BCUT2D eigenvalue weighted by molar-refractivity contribution is -0.201. The first-order valence-corrected chi connectivity index (χ1v) is 6.08. The second-order valence-corrected chi connectivity index (χ2v) is 4.89. The summed E-state index contributed by atoms with van der Waals surface area (Å²) in [5, 5.41) is 2.41. The van der Waals surface area contributed by atoms with E-state index in [4.69, 9.17) is 12.6 Å². The summed E-state index contributed by atoms with van der Waals surface area (Å²) in [6.45, 7) is 1.92. The molecule has 1 aliphatic heterocycles. The smallest absolute Gasteiger partial charge is 0.204 e. The first-order chi connectivity index (χ1) is 6.48. The van der Waals surface area contributed by atoms with Gasteiger partial charge < -0.3 is 14.2 Å².